The summed E-state index contributed by atoms with van der Waals surface area (Å²) in [6.45, 7) is 6.12. The lowest BCUT2D eigenvalue weighted by atomic mass is 9.97. The van der Waals surface area contributed by atoms with Crippen LogP contribution in [0.25, 0.3) is 0 Å². The third kappa shape index (κ3) is 5.51. The maximum Gasteiger partial charge on any atom is 0.411 e. The van der Waals surface area contributed by atoms with E-state index in [4.69, 9.17) is 15.2 Å². The van der Waals surface area contributed by atoms with Crippen LogP contribution in [0.1, 0.15) is 33.6 Å². The lowest BCUT2D eigenvalue weighted by Gasteiger charge is -2.32. The summed E-state index contributed by atoms with van der Waals surface area (Å²) in [5.41, 5.74) is 4.83. The van der Waals surface area contributed by atoms with Gasteiger partial charge in [-0.2, -0.15) is 0 Å². The SMILES string of the molecule is COC(=O)C(N)OC(=O)N1CCC(C(=O)OC(C)(C)C)CC1. The molecule has 0 aromatic carbocycles. The van der Waals surface area contributed by atoms with E-state index in [1.165, 1.54) is 4.90 Å². The molecule has 0 radical (unpaired) electrons. The van der Waals surface area contributed by atoms with Crippen molar-refractivity contribution in [2.24, 2.45) is 11.7 Å². The Morgan fingerprint density at radius 2 is 1.73 bits per heavy atom. The number of nitrogens with zero attached hydrogens (tertiary/aromatic N) is 1. The van der Waals surface area contributed by atoms with Crippen LogP contribution in [0.5, 0.6) is 0 Å². The summed E-state index contributed by atoms with van der Waals surface area (Å²) < 4.78 is 14.5. The van der Waals surface area contributed by atoms with Gasteiger partial charge in [-0.25, -0.2) is 9.59 Å². The molecule has 8 heteroatoms. The van der Waals surface area contributed by atoms with Crippen LogP contribution in [0, 0.1) is 5.92 Å². The van der Waals surface area contributed by atoms with Gasteiger partial charge in [-0.1, -0.05) is 0 Å². The van der Waals surface area contributed by atoms with Gasteiger partial charge >= 0.3 is 18.0 Å². The predicted molar refractivity (Wildman–Crippen MR) is 76.6 cm³/mol. The molecule has 8 nitrogen and oxygen atoms in total. The fourth-order valence-corrected chi connectivity index (χ4v) is 2.03. The number of hydrogen-bond acceptors (Lipinski definition) is 7. The first kappa shape index (κ1) is 18.2. The lowest BCUT2D eigenvalue weighted by molar-refractivity contribution is -0.161. The van der Waals surface area contributed by atoms with Gasteiger partial charge < -0.3 is 19.1 Å². The van der Waals surface area contributed by atoms with Gasteiger partial charge in [0.05, 0.1) is 13.0 Å². The first-order valence-electron chi connectivity index (χ1n) is 7.16. The van der Waals surface area contributed by atoms with E-state index in [0.29, 0.717) is 25.9 Å². The first-order chi connectivity index (χ1) is 10.1. The second-order valence-corrected chi connectivity index (χ2v) is 6.12. The van der Waals surface area contributed by atoms with Crippen molar-refractivity contribution in [1.82, 2.24) is 4.90 Å². The number of carbonyl (C=O) groups excluding carboxylic acids is 3. The molecule has 0 aromatic heterocycles. The molecule has 1 aliphatic heterocycles. The van der Waals surface area contributed by atoms with E-state index in [1.807, 2.05) is 20.8 Å². The van der Waals surface area contributed by atoms with E-state index in [9.17, 15) is 14.4 Å². The molecule has 22 heavy (non-hydrogen) atoms. The lowest BCUT2D eigenvalue weighted by Crippen LogP contribution is -2.45. The van der Waals surface area contributed by atoms with Gasteiger partial charge in [-0.15, -0.1) is 0 Å². The van der Waals surface area contributed by atoms with Gasteiger partial charge in [0.25, 0.3) is 6.23 Å². The molecule has 0 spiro atoms. The molecule has 1 amide bonds. The number of nitrogens with two attached hydrogens (primary N) is 1. The Bertz CT molecular complexity index is 424. The van der Waals surface area contributed by atoms with E-state index < -0.39 is 23.9 Å². The molecule has 1 rings (SSSR count). The third-order valence-electron chi connectivity index (χ3n) is 3.15. The van der Waals surface area contributed by atoms with Crippen molar-refractivity contribution in [1.29, 1.82) is 0 Å². The Morgan fingerprint density at radius 3 is 2.18 bits per heavy atom. The van der Waals surface area contributed by atoms with Gasteiger partial charge in [0.2, 0.25) is 0 Å². The number of piperidine rings is 1. The number of methoxy groups -OCH3 is 1. The Kier molecular flexibility index (Phi) is 6.16. The van der Waals surface area contributed by atoms with Crippen molar-refractivity contribution in [3.63, 3.8) is 0 Å². The molecule has 2 N–H and O–H groups in total. The fourth-order valence-electron chi connectivity index (χ4n) is 2.03. The normalized spacial score (nSPS) is 17.6. The zero-order chi connectivity index (χ0) is 16.9. The van der Waals surface area contributed by atoms with E-state index >= 15 is 0 Å². The molecule has 1 heterocycles. The summed E-state index contributed by atoms with van der Waals surface area (Å²) in [4.78, 5) is 36.3. The highest BCUT2D eigenvalue weighted by Gasteiger charge is 2.32. The Labute approximate surface area is 129 Å². The Balaban J connectivity index is 2.43. The minimum absolute atomic E-state index is 0.238. The highest BCUT2D eigenvalue weighted by molar-refractivity contribution is 5.78. The zero-order valence-electron chi connectivity index (χ0n) is 13.5. The van der Waals surface area contributed by atoms with Crippen molar-refractivity contribution >= 4 is 18.0 Å². The molecule has 1 aliphatic rings. The molecule has 0 saturated carbocycles. The molecule has 126 valence electrons. The van der Waals surface area contributed by atoms with Crippen LogP contribution in [-0.2, 0) is 23.8 Å². The smallest absolute Gasteiger partial charge is 0.411 e. The second kappa shape index (κ2) is 7.44. The number of esters is 2. The highest BCUT2D eigenvalue weighted by atomic mass is 16.6. The predicted octanol–water partition coefficient (Wildman–Crippen LogP) is 0.635. The molecule has 1 atom stereocenters. The van der Waals surface area contributed by atoms with Gasteiger partial charge in [0.15, 0.2) is 0 Å². The van der Waals surface area contributed by atoms with Gasteiger partial charge in [0, 0.05) is 13.1 Å². The quantitative estimate of drug-likeness (QED) is 0.462. The van der Waals surface area contributed by atoms with Crippen LogP contribution >= 0.6 is 0 Å². The second-order valence-electron chi connectivity index (χ2n) is 6.12. The summed E-state index contributed by atoms with van der Waals surface area (Å²) in [6, 6.07) is 0. The number of carbonyl (C=O) groups is 3. The molecule has 1 saturated heterocycles. The van der Waals surface area contributed by atoms with E-state index in [2.05, 4.69) is 4.74 Å². The Morgan fingerprint density at radius 1 is 1.18 bits per heavy atom. The number of amides is 1. The minimum atomic E-state index is -1.44. The highest BCUT2D eigenvalue weighted by Crippen LogP contribution is 2.22. The third-order valence-corrected chi connectivity index (χ3v) is 3.15. The zero-order valence-corrected chi connectivity index (χ0v) is 13.5. The first-order valence-corrected chi connectivity index (χ1v) is 7.16. The molecule has 1 fully saturated rings. The van der Waals surface area contributed by atoms with Crippen LogP contribution in [0.15, 0.2) is 0 Å². The maximum absolute atomic E-state index is 12.0. The van der Waals surface area contributed by atoms with Crippen molar-refractivity contribution in [2.45, 2.75) is 45.4 Å². The van der Waals surface area contributed by atoms with E-state index in [0.717, 1.165) is 7.11 Å². The molecule has 0 bridgehead atoms. The van der Waals surface area contributed by atoms with Crippen molar-refractivity contribution < 1.29 is 28.6 Å². The van der Waals surface area contributed by atoms with Crippen molar-refractivity contribution in [3.8, 4) is 0 Å². The van der Waals surface area contributed by atoms with Crippen molar-refractivity contribution in [3.05, 3.63) is 0 Å². The van der Waals surface area contributed by atoms with Crippen LogP contribution in [0.3, 0.4) is 0 Å². The molecule has 0 aromatic rings. The number of ether oxygens (including phenoxy) is 3. The fraction of sp³-hybridized carbons (Fsp3) is 0.786. The molecule has 1 unspecified atom stereocenters. The Hall–Kier alpha value is -1.83. The summed E-state index contributed by atoms with van der Waals surface area (Å²) >= 11 is 0. The topological polar surface area (TPSA) is 108 Å². The summed E-state index contributed by atoms with van der Waals surface area (Å²) in [6.07, 6.45) is -1.17. The van der Waals surface area contributed by atoms with Gasteiger partial charge in [-0.3, -0.25) is 10.5 Å². The molecular formula is C14H24N2O6. The maximum atomic E-state index is 12.0. The minimum Gasteiger partial charge on any atom is -0.465 e. The number of likely N-dealkylation sites (tertiary alicyclic amines) is 1. The summed E-state index contributed by atoms with van der Waals surface area (Å²) in [7, 11) is 1.16. The van der Waals surface area contributed by atoms with E-state index in [1.54, 1.807) is 0 Å². The number of hydrogen-bond donors (Lipinski definition) is 1. The summed E-state index contributed by atoms with van der Waals surface area (Å²) in [5, 5.41) is 0. The number of rotatable bonds is 3. The standard InChI is InChI=1S/C14H24N2O6/c1-14(2,3)22-11(17)9-5-7-16(8-6-9)13(19)21-10(15)12(18)20-4/h9-10H,5-8,15H2,1-4H3. The van der Waals surface area contributed by atoms with Crippen LogP contribution in [0.2, 0.25) is 0 Å². The van der Waals surface area contributed by atoms with E-state index in [-0.39, 0.29) is 11.9 Å². The average Bonchev–Trinajstić information content (AvgIpc) is 2.44. The average molecular weight is 316 g/mol. The largest absolute Gasteiger partial charge is 0.465 e. The van der Waals surface area contributed by atoms with Crippen molar-refractivity contribution in [2.75, 3.05) is 20.2 Å². The van der Waals surface area contributed by atoms with Gasteiger partial charge in [0.1, 0.15) is 5.60 Å². The molecular weight excluding hydrogens is 292 g/mol. The van der Waals surface area contributed by atoms with Gasteiger partial charge in [-0.05, 0) is 33.6 Å². The monoisotopic (exact) mass is 316 g/mol. The van der Waals surface area contributed by atoms with Crippen LogP contribution in [-0.4, -0.2) is 55.0 Å². The van der Waals surface area contributed by atoms with Crippen LogP contribution in [0.4, 0.5) is 4.79 Å². The summed E-state index contributed by atoms with van der Waals surface area (Å²) in [5.74, 6) is -1.32. The van der Waals surface area contributed by atoms with Crippen LogP contribution < -0.4 is 5.73 Å². The molecule has 0 aliphatic carbocycles.